The maximum absolute atomic E-state index is 12.5. The Morgan fingerprint density at radius 1 is 1.20 bits per heavy atom. The fourth-order valence-corrected chi connectivity index (χ4v) is 3.47. The van der Waals surface area contributed by atoms with Crippen LogP contribution >= 0.6 is 0 Å². The largest absolute Gasteiger partial charge is 0.480 e. The Hall–Kier alpha value is -1.10. The number of hydrogen-bond acceptors (Lipinski definition) is 3. The average molecular weight is 282 g/mol. The zero-order valence-corrected chi connectivity index (χ0v) is 12.8. The molecule has 1 aliphatic heterocycles. The Kier molecular flexibility index (Phi) is 4.09. The van der Waals surface area contributed by atoms with E-state index in [0.29, 0.717) is 12.1 Å². The normalized spacial score (nSPS) is 31.6. The Labute approximate surface area is 120 Å². The molecular weight excluding hydrogens is 256 g/mol. The lowest BCUT2D eigenvalue weighted by Gasteiger charge is -2.34. The van der Waals surface area contributed by atoms with Gasteiger partial charge in [-0.3, -0.25) is 9.69 Å². The topological polar surface area (TPSA) is 69.6 Å². The minimum atomic E-state index is -1.11. The van der Waals surface area contributed by atoms with E-state index in [9.17, 15) is 14.7 Å². The van der Waals surface area contributed by atoms with Crippen molar-refractivity contribution in [3.63, 3.8) is 0 Å². The van der Waals surface area contributed by atoms with Crippen LogP contribution in [-0.2, 0) is 9.59 Å². The van der Waals surface area contributed by atoms with Gasteiger partial charge in [0.25, 0.3) is 0 Å². The number of carbonyl (C=O) groups is 2. The number of rotatable bonds is 5. The molecule has 1 amide bonds. The molecule has 0 aromatic rings. The highest BCUT2D eigenvalue weighted by Gasteiger charge is 2.49. The predicted octanol–water partition coefficient (Wildman–Crippen LogP) is 1.62. The SMILES string of the molecule is CC1CCC(C)N1C(C)C(=O)NC(C)(C(=O)O)C1CC1. The van der Waals surface area contributed by atoms with Crippen molar-refractivity contribution in [3.05, 3.63) is 0 Å². The van der Waals surface area contributed by atoms with Crippen molar-refractivity contribution in [2.45, 2.75) is 77.0 Å². The number of likely N-dealkylation sites (tertiary alicyclic amines) is 1. The number of nitrogens with zero attached hydrogens (tertiary/aromatic N) is 1. The smallest absolute Gasteiger partial charge is 0.329 e. The number of carboxylic acids is 1. The van der Waals surface area contributed by atoms with Crippen molar-refractivity contribution >= 4 is 11.9 Å². The van der Waals surface area contributed by atoms with Crippen LogP contribution in [0.3, 0.4) is 0 Å². The first kappa shape index (κ1) is 15.3. The summed E-state index contributed by atoms with van der Waals surface area (Å²) in [6.07, 6.45) is 3.96. The summed E-state index contributed by atoms with van der Waals surface area (Å²) >= 11 is 0. The molecule has 114 valence electrons. The third kappa shape index (κ3) is 2.68. The van der Waals surface area contributed by atoms with E-state index >= 15 is 0 Å². The Balaban J connectivity index is 2.05. The molecule has 20 heavy (non-hydrogen) atoms. The average Bonchev–Trinajstić information content (AvgIpc) is 3.16. The lowest BCUT2D eigenvalue weighted by Crippen LogP contribution is -2.59. The minimum Gasteiger partial charge on any atom is -0.480 e. The first-order valence-electron chi connectivity index (χ1n) is 7.60. The van der Waals surface area contributed by atoms with Crippen molar-refractivity contribution in [2.75, 3.05) is 0 Å². The van der Waals surface area contributed by atoms with Gasteiger partial charge in [0, 0.05) is 12.1 Å². The first-order chi connectivity index (χ1) is 9.27. The van der Waals surface area contributed by atoms with E-state index in [1.165, 1.54) is 0 Å². The predicted molar refractivity (Wildman–Crippen MR) is 76.4 cm³/mol. The van der Waals surface area contributed by atoms with Crippen LogP contribution in [0.2, 0.25) is 0 Å². The van der Waals surface area contributed by atoms with Crippen LogP contribution < -0.4 is 5.32 Å². The summed E-state index contributed by atoms with van der Waals surface area (Å²) in [6.45, 7) is 7.77. The second-order valence-electron chi connectivity index (χ2n) is 6.67. The fraction of sp³-hybridized carbons (Fsp3) is 0.867. The molecule has 5 heteroatoms. The summed E-state index contributed by atoms with van der Waals surface area (Å²) in [5.74, 6) is -1.02. The van der Waals surface area contributed by atoms with E-state index in [1.807, 2.05) is 6.92 Å². The van der Waals surface area contributed by atoms with E-state index in [0.717, 1.165) is 25.7 Å². The summed E-state index contributed by atoms with van der Waals surface area (Å²) in [7, 11) is 0. The van der Waals surface area contributed by atoms with Crippen molar-refractivity contribution in [3.8, 4) is 0 Å². The number of nitrogens with one attached hydrogen (secondary N) is 1. The van der Waals surface area contributed by atoms with E-state index in [2.05, 4.69) is 24.1 Å². The van der Waals surface area contributed by atoms with Gasteiger partial charge in [0.15, 0.2) is 0 Å². The molecule has 4 atom stereocenters. The van der Waals surface area contributed by atoms with Crippen LogP contribution in [0.1, 0.15) is 53.4 Å². The maximum Gasteiger partial charge on any atom is 0.329 e. The Bertz CT molecular complexity index is 398. The second-order valence-corrected chi connectivity index (χ2v) is 6.67. The zero-order chi connectivity index (χ0) is 15.1. The standard InChI is InChI=1S/C15H26N2O3/c1-9-5-6-10(2)17(9)11(3)13(18)16-15(4,14(19)20)12-7-8-12/h9-12H,5-8H2,1-4H3,(H,16,18)(H,19,20). The number of carbonyl (C=O) groups excluding carboxylic acids is 1. The van der Waals surface area contributed by atoms with E-state index in [-0.39, 0.29) is 17.9 Å². The second kappa shape index (κ2) is 5.35. The lowest BCUT2D eigenvalue weighted by atomic mass is 9.95. The molecule has 2 rings (SSSR count). The van der Waals surface area contributed by atoms with Crippen LogP contribution in [0, 0.1) is 5.92 Å². The van der Waals surface area contributed by atoms with Crippen molar-refractivity contribution in [2.24, 2.45) is 5.92 Å². The molecule has 4 unspecified atom stereocenters. The number of aliphatic carboxylic acids is 1. The van der Waals surface area contributed by atoms with Gasteiger partial charge in [-0.25, -0.2) is 4.79 Å². The van der Waals surface area contributed by atoms with Gasteiger partial charge in [0.05, 0.1) is 6.04 Å². The lowest BCUT2D eigenvalue weighted by molar-refractivity contribution is -0.148. The van der Waals surface area contributed by atoms with Gasteiger partial charge < -0.3 is 10.4 Å². The molecule has 1 heterocycles. The van der Waals surface area contributed by atoms with Gasteiger partial charge in [-0.1, -0.05) is 0 Å². The van der Waals surface area contributed by atoms with Crippen LogP contribution in [0.25, 0.3) is 0 Å². The molecule has 0 bridgehead atoms. The van der Waals surface area contributed by atoms with Crippen LogP contribution in [0.4, 0.5) is 0 Å². The van der Waals surface area contributed by atoms with Gasteiger partial charge >= 0.3 is 5.97 Å². The molecule has 0 spiro atoms. The minimum absolute atomic E-state index is 0.0737. The van der Waals surface area contributed by atoms with Gasteiger partial charge in [0.1, 0.15) is 5.54 Å². The van der Waals surface area contributed by atoms with E-state index < -0.39 is 11.5 Å². The quantitative estimate of drug-likeness (QED) is 0.804. The van der Waals surface area contributed by atoms with Crippen LogP contribution in [0.15, 0.2) is 0 Å². The number of hydrogen-bond donors (Lipinski definition) is 2. The molecule has 0 aromatic carbocycles. The van der Waals surface area contributed by atoms with Crippen molar-refractivity contribution < 1.29 is 14.7 Å². The van der Waals surface area contributed by atoms with Gasteiger partial charge in [-0.2, -0.15) is 0 Å². The molecule has 2 fully saturated rings. The van der Waals surface area contributed by atoms with E-state index in [1.54, 1.807) is 6.92 Å². The molecule has 2 aliphatic rings. The number of carboxylic acid groups (broad SMARTS) is 1. The Morgan fingerprint density at radius 3 is 2.10 bits per heavy atom. The molecule has 1 saturated carbocycles. The number of amides is 1. The third-order valence-corrected chi connectivity index (χ3v) is 5.07. The summed E-state index contributed by atoms with van der Waals surface area (Å²) in [4.78, 5) is 26.1. The van der Waals surface area contributed by atoms with Gasteiger partial charge in [-0.15, -0.1) is 0 Å². The van der Waals surface area contributed by atoms with E-state index in [4.69, 9.17) is 0 Å². The van der Waals surface area contributed by atoms with Crippen molar-refractivity contribution in [1.29, 1.82) is 0 Å². The summed E-state index contributed by atoms with van der Waals surface area (Å²) in [6, 6.07) is 0.477. The molecule has 1 aliphatic carbocycles. The molecule has 5 nitrogen and oxygen atoms in total. The molecule has 0 radical (unpaired) electrons. The Morgan fingerprint density at radius 2 is 1.70 bits per heavy atom. The van der Waals surface area contributed by atoms with Gasteiger partial charge in [0.2, 0.25) is 5.91 Å². The maximum atomic E-state index is 12.5. The molecule has 2 N–H and O–H groups in total. The molecule has 0 aromatic heterocycles. The molecular formula is C15H26N2O3. The zero-order valence-electron chi connectivity index (χ0n) is 12.8. The fourth-order valence-electron chi connectivity index (χ4n) is 3.47. The van der Waals surface area contributed by atoms with Crippen LogP contribution in [0.5, 0.6) is 0 Å². The molecule has 1 saturated heterocycles. The van der Waals surface area contributed by atoms with Gasteiger partial charge in [-0.05, 0) is 59.3 Å². The highest BCUT2D eigenvalue weighted by atomic mass is 16.4. The summed E-state index contributed by atoms with van der Waals surface area (Å²) in [5, 5.41) is 12.2. The van der Waals surface area contributed by atoms with Crippen molar-refractivity contribution in [1.82, 2.24) is 10.2 Å². The highest BCUT2D eigenvalue weighted by molar-refractivity contribution is 5.89. The first-order valence-corrected chi connectivity index (χ1v) is 7.60. The summed E-state index contributed by atoms with van der Waals surface area (Å²) in [5.41, 5.74) is -1.11. The monoisotopic (exact) mass is 282 g/mol. The summed E-state index contributed by atoms with van der Waals surface area (Å²) < 4.78 is 0. The highest BCUT2D eigenvalue weighted by Crippen LogP contribution is 2.40. The third-order valence-electron chi connectivity index (χ3n) is 5.07. The van der Waals surface area contributed by atoms with Crippen LogP contribution in [-0.4, -0.2) is 45.5 Å².